The van der Waals surface area contributed by atoms with Crippen molar-refractivity contribution in [2.45, 2.75) is 6.92 Å². The Labute approximate surface area is 74.4 Å². The Morgan fingerprint density at radius 2 is 2.23 bits per heavy atom. The third-order valence-electron chi connectivity index (χ3n) is 1.87. The average molecular weight is 183 g/mol. The van der Waals surface area contributed by atoms with Gasteiger partial charge in [0.1, 0.15) is 5.41 Å². The van der Waals surface area contributed by atoms with Crippen LogP contribution in [0.25, 0.3) is 0 Å². The van der Waals surface area contributed by atoms with Gasteiger partial charge in [0.2, 0.25) is 0 Å². The van der Waals surface area contributed by atoms with Crippen LogP contribution in [0.5, 0.6) is 0 Å². The number of carboxylic acid groups (broad SMARTS) is 1. The van der Waals surface area contributed by atoms with Crippen molar-refractivity contribution in [2.24, 2.45) is 11.3 Å². The summed E-state index contributed by atoms with van der Waals surface area (Å²) >= 11 is 0. The van der Waals surface area contributed by atoms with Crippen LogP contribution in [0.15, 0.2) is 23.8 Å². The van der Waals surface area contributed by atoms with Gasteiger partial charge in [0.15, 0.2) is 0 Å². The van der Waals surface area contributed by atoms with Crippen LogP contribution in [0, 0.1) is 5.41 Å². The fraction of sp³-hybridized carbons (Fsp3) is 0.250. The Balaban J connectivity index is 2.93. The second kappa shape index (κ2) is 3.02. The van der Waals surface area contributed by atoms with E-state index in [0.29, 0.717) is 0 Å². The SMILES string of the molecule is CC1(C(=O)O)C=CC(C(=O)ON)=C1. The largest absolute Gasteiger partial charge is 0.480 e. The lowest BCUT2D eigenvalue weighted by molar-refractivity contribution is -0.142. The summed E-state index contributed by atoms with van der Waals surface area (Å²) in [4.78, 5) is 25.5. The molecule has 0 saturated carbocycles. The van der Waals surface area contributed by atoms with E-state index in [2.05, 4.69) is 10.7 Å². The molecule has 1 aliphatic carbocycles. The molecule has 0 aromatic rings. The number of rotatable bonds is 2. The second-order valence-corrected chi connectivity index (χ2v) is 2.93. The van der Waals surface area contributed by atoms with E-state index < -0.39 is 17.4 Å². The van der Waals surface area contributed by atoms with Crippen molar-refractivity contribution in [3.05, 3.63) is 23.8 Å². The van der Waals surface area contributed by atoms with Gasteiger partial charge >= 0.3 is 11.9 Å². The van der Waals surface area contributed by atoms with Crippen molar-refractivity contribution in [1.29, 1.82) is 0 Å². The van der Waals surface area contributed by atoms with Gasteiger partial charge in [-0.1, -0.05) is 12.2 Å². The summed E-state index contributed by atoms with van der Waals surface area (Å²) in [7, 11) is 0. The minimum atomic E-state index is -1.14. The summed E-state index contributed by atoms with van der Waals surface area (Å²) in [6.07, 6.45) is 4.08. The van der Waals surface area contributed by atoms with E-state index in [1.807, 2.05) is 0 Å². The number of carboxylic acids is 1. The van der Waals surface area contributed by atoms with Crippen molar-refractivity contribution in [3.63, 3.8) is 0 Å². The molecule has 0 bridgehead atoms. The Morgan fingerprint density at radius 1 is 1.62 bits per heavy atom. The number of aliphatic carboxylic acids is 1. The summed E-state index contributed by atoms with van der Waals surface area (Å²) in [6, 6.07) is 0. The lowest BCUT2D eigenvalue weighted by Gasteiger charge is -2.11. The molecule has 0 fully saturated rings. The van der Waals surface area contributed by atoms with E-state index in [4.69, 9.17) is 5.11 Å². The predicted octanol–water partition coefficient (Wildman–Crippen LogP) is -0.00960. The molecule has 13 heavy (non-hydrogen) atoms. The molecular weight excluding hydrogens is 174 g/mol. The molecule has 1 atom stereocenters. The van der Waals surface area contributed by atoms with Gasteiger partial charge in [0.25, 0.3) is 0 Å². The highest BCUT2D eigenvalue weighted by atomic mass is 16.7. The number of carbonyl (C=O) groups excluding carboxylic acids is 1. The molecule has 0 saturated heterocycles. The topological polar surface area (TPSA) is 89.6 Å². The first-order valence-corrected chi connectivity index (χ1v) is 3.56. The first kappa shape index (κ1) is 9.47. The molecule has 1 unspecified atom stereocenters. The maximum absolute atomic E-state index is 10.9. The Bertz CT molecular complexity index is 318. The maximum Gasteiger partial charge on any atom is 0.356 e. The molecule has 70 valence electrons. The Hall–Kier alpha value is -1.62. The van der Waals surface area contributed by atoms with Crippen LogP contribution >= 0.6 is 0 Å². The minimum Gasteiger partial charge on any atom is -0.480 e. The lowest BCUT2D eigenvalue weighted by atomic mass is 9.93. The van der Waals surface area contributed by atoms with Gasteiger partial charge in [-0.15, -0.1) is 0 Å². The fourth-order valence-corrected chi connectivity index (χ4v) is 1.01. The average Bonchev–Trinajstić information content (AvgIpc) is 2.48. The third kappa shape index (κ3) is 1.59. The van der Waals surface area contributed by atoms with Crippen LogP contribution in [-0.2, 0) is 14.4 Å². The zero-order valence-corrected chi connectivity index (χ0v) is 6.98. The van der Waals surface area contributed by atoms with Crippen LogP contribution in [0.4, 0.5) is 0 Å². The highest BCUT2D eigenvalue weighted by molar-refractivity contribution is 5.95. The van der Waals surface area contributed by atoms with Crippen molar-refractivity contribution in [1.82, 2.24) is 0 Å². The van der Waals surface area contributed by atoms with E-state index in [0.717, 1.165) is 0 Å². The van der Waals surface area contributed by atoms with Gasteiger partial charge in [-0.2, -0.15) is 5.90 Å². The monoisotopic (exact) mass is 183 g/mol. The first-order chi connectivity index (χ1) is 5.99. The summed E-state index contributed by atoms with van der Waals surface area (Å²) in [5, 5.41) is 8.77. The van der Waals surface area contributed by atoms with Gasteiger partial charge in [-0.3, -0.25) is 4.79 Å². The fourth-order valence-electron chi connectivity index (χ4n) is 1.01. The molecule has 0 aromatic carbocycles. The summed E-state index contributed by atoms with van der Waals surface area (Å²) in [6.45, 7) is 1.47. The van der Waals surface area contributed by atoms with Gasteiger partial charge in [0.05, 0.1) is 5.57 Å². The maximum atomic E-state index is 10.9. The van der Waals surface area contributed by atoms with Gasteiger partial charge in [-0.25, -0.2) is 4.79 Å². The molecule has 0 amide bonds. The first-order valence-electron chi connectivity index (χ1n) is 3.56. The van der Waals surface area contributed by atoms with Crippen LogP contribution in [-0.4, -0.2) is 17.0 Å². The second-order valence-electron chi connectivity index (χ2n) is 2.93. The van der Waals surface area contributed by atoms with Crippen molar-refractivity contribution in [2.75, 3.05) is 0 Å². The summed E-state index contributed by atoms with van der Waals surface area (Å²) < 4.78 is 0. The Morgan fingerprint density at radius 3 is 2.62 bits per heavy atom. The highest BCUT2D eigenvalue weighted by Crippen LogP contribution is 2.29. The van der Waals surface area contributed by atoms with E-state index in [9.17, 15) is 9.59 Å². The molecule has 1 aliphatic rings. The third-order valence-corrected chi connectivity index (χ3v) is 1.87. The normalized spacial score (nSPS) is 25.5. The van der Waals surface area contributed by atoms with Crippen LogP contribution in [0.2, 0.25) is 0 Å². The number of hydrogen-bond donors (Lipinski definition) is 2. The van der Waals surface area contributed by atoms with E-state index in [-0.39, 0.29) is 5.57 Å². The van der Waals surface area contributed by atoms with Crippen LogP contribution in [0.1, 0.15) is 6.92 Å². The summed E-state index contributed by atoms with van der Waals surface area (Å²) in [5.74, 6) is 2.89. The van der Waals surface area contributed by atoms with Gasteiger partial charge < -0.3 is 9.94 Å². The zero-order chi connectivity index (χ0) is 10.1. The zero-order valence-electron chi connectivity index (χ0n) is 6.98. The molecule has 3 N–H and O–H groups in total. The molecule has 1 rings (SSSR count). The van der Waals surface area contributed by atoms with Crippen LogP contribution < -0.4 is 5.90 Å². The molecule has 5 nitrogen and oxygen atoms in total. The van der Waals surface area contributed by atoms with Crippen LogP contribution in [0.3, 0.4) is 0 Å². The van der Waals surface area contributed by atoms with Crippen molar-refractivity contribution >= 4 is 11.9 Å². The molecule has 5 heteroatoms. The number of nitrogens with two attached hydrogens (primary N) is 1. The van der Waals surface area contributed by atoms with Crippen molar-refractivity contribution < 1.29 is 19.5 Å². The lowest BCUT2D eigenvalue weighted by Crippen LogP contribution is -2.21. The van der Waals surface area contributed by atoms with Crippen molar-refractivity contribution in [3.8, 4) is 0 Å². The highest BCUT2D eigenvalue weighted by Gasteiger charge is 2.33. The molecule has 0 heterocycles. The molecular formula is C8H9NO4. The number of carbonyl (C=O) groups is 2. The van der Waals surface area contributed by atoms with Gasteiger partial charge in [-0.05, 0) is 13.0 Å². The summed E-state index contributed by atoms with van der Waals surface area (Å²) in [5.41, 5.74) is -0.976. The Kier molecular flexibility index (Phi) is 2.20. The minimum absolute atomic E-state index is 0.160. The number of hydrogen-bond acceptors (Lipinski definition) is 4. The van der Waals surface area contributed by atoms with E-state index >= 15 is 0 Å². The standard InChI is InChI=1S/C8H9NO4/c1-8(7(11)12)3-2-5(4-8)6(10)13-9/h2-4H,9H2,1H3,(H,11,12). The molecule has 0 radical (unpaired) electrons. The molecule has 0 aliphatic heterocycles. The van der Waals surface area contributed by atoms with E-state index in [1.54, 1.807) is 0 Å². The molecule has 0 spiro atoms. The predicted molar refractivity (Wildman–Crippen MR) is 43.2 cm³/mol. The van der Waals surface area contributed by atoms with E-state index in [1.165, 1.54) is 25.2 Å². The quantitative estimate of drug-likeness (QED) is 0.587. The smallest absolute Gasteiger partial charge is 0.356 e. The molecule has 0 aromatic heterocycles. The van der Waals surface area contributed by atoms with Gasteiger partial charge in [0, 0.05) is 0 Å².